The van der Waals surface area contributed by atoms with Crippen LogP contribution in [0.4, 0.5) is 11.4 Å². The molecule has 1 heterocycles. The van der Waals surface area contributed by atoms with Crippen molar-refractivity contribution in [3.05, 3.63) is 76.7 Å². The van der Waals surface area contributed by atoms with E-state index in [0.29, 0.717) is 15.8 Å². The summed E-state index contributed by atoms with van der Waals surface area (Å²) in [6.45, 7) is 0. The Hall–Kier alpha value is -3.32. The molecule has 0 aromatic heterocycles. The van der Waals surface area contributed by atoms with Crippen LogP contribution in [0.3, 0.4) is 0 Å². The van der Waals surface area contributed by atoms with E-state index in [1.165, 1.54) is 28.8 Å². The van der Waals surface area contributed by atoms with E-state index >= 15 is 0 Å². The van der Waals surface area contributed by atoms with Crippen molar-refractivity contribution < 1.29 is 14.7 Å². The molecule has 2 aromatic rings. The van der Waals surface area contributed by atoms with Crippen LogP contribution < -0.4 is 4.90 Å². The Morgan fingerprint density at radius 1 is 1.10 bits per heavy atom. The molecular formula is C22H21N3O3S. The number of anilines is 1. The maximum absolute atomic E-state index is 12.5. The first kappa shape index (κ1) is 20.4. The summed E-state index contributed by atoms with van der Waals surface area (Å²) in [5.41, 5.74) is 2.96. The van der Waals surface area contributed by atoms with Crippen molar-refractivity contribution in [2.75, 3.05) is 26.0 Å². The summed E-state index contributed by atoms with van der Waals surface area (Å²) in [5.74, 6) is -1.11. The molecular weight excluding hydrogens is 386 g/mol. The molecule has 0 bridgehead atoms. The van der Waals surface area contributed by atoms with Crippen molar-refractivity contribution in [1.82, 2.24) is 4.90 Å². The number of amides is 1. The number of carbonyl (C=O) groups is 2. The lowest BCUT2D eigenvalue weighted by Crippen LogP contribution is -2.23. The van der Waals surface area contributed by atoms with Crippen LogP contribution in [0.15, 0.2) is 70.6 Å². The Kier molecular flexibility index (Phi) is 6.19. The van der Waals surface area contributed by atoms with Gasteiger partial charge in [-0.1, -0.05) is 24.3 Å². The molecule has 1 saturated heterocycles. The highest BCUT2D eigenvalue weighted by atomic mass is 32.2. The number of allylic oxidation sites excluding steroid dienone is 2. The fourth-order valence-electron chi connectivity index (χ4n) is 2.58. The van der Waals surface area contributed by atoms with Crippen LogP contribution in [0, 0.1) is 0 Å². The first-order valence-corrected chi connectivity index (χ1v) is 9.70. The Morgan fingerprint density at radius 2 is 1.76 bits per heavy atom. The highest BCUT2D eigenvalue weighted by Crippen LogP contribution is 2.31. The van der Waals surface area contributed by atoms with Gasteiger partial charge in [0.25, 0.3) is 5.91 Å². The van der Waals surface area contributed by atoms with E-state index < -0.39 is 5.97 Å². The molecule has 0 atom stereocenters. The summed E-state index contributed by atoms with van der Waals surface area (Å²) >= 11 is 1.29. The monoisotopic (exact) mass is 407 g/mol. The Balaban J connectivity index is 1.72. The lowest BCUT2D eigenvalue weighted by Gasteiger charge is -2.11. The number of amidine groups is 1. The lowest BCUT2D eigenvalue weighted by molar-refractivity contribution is -0.121. The van der Waals surface area contributed by atoms with Gasteiger partial charge in [-0.3, -0.25) is 9.69 Å². The van der Waals surface area contributed by atoms with E-state index in [4.69, 9.17) is 5.11 Å². The number of aromatic carboxylic acids is 1. The third-order valence-electron chi connectivity index (χ3n) is 4.29. The van der Waals surface area contributed by atoms with Crippen molar-refractivity contribution in [2.45, 2.75) is 0 Å². The highest BCUT2D eigenvalue weighted by Gasteiger charge is 2.29. The molecule has 6 nitrogen and oxygen atoms in total. The lowest BCUT2D eigenvalue weighted by atomic mass is 10.2. The maximum atomic E-state index is 12.5. The van der Waals surface area contributed by atoms with Crippen LogP contribution in [-0.4, -0.2) is 48.2 Å². The Morgan fingerprint density at radius 3 is 2.34 bits per heavy atom. The minimum Gasteiger partial charge on any atom is -0.478 e. The van der Waals surface area contributed by atoms with Crippen LogP contribution in [0.1, 0.15) is 15.9 Å². The third-order valence-corrected chi connectivity index (χ3v) is 5.37. The van der Waals surface area contributed by atoms with E-state index in [1.54, 1.807) is 25.3 Å². The molecule has 0 aliphatic carbocycles. The summed E-state index contributed by atoms with van der Waals surface area (Å²) in [6.07, 6.45) is 5.57. The smallest absolute Gasteiger partial charge is 0.335 e. The zero-order chi connectivity index (χ0) is 21.0. The van der Waals surface area contributed by atoms with Crippen LogP contribution >= 0.6 is 11.8 Å². The number of aliphatic imine (C=N–C) groups is 1. The molecule has 1 fully saturated rings. The van der Waals surface area contributed by atoms with Crippen LogP contribution in [0.25, 0.3) is 6.08 Å². The third kappa shape index (κ3) is 4.94. The van der Waals surface area contributed by atoms with Gasteiger partial charge in [0, 0.05) is 26.8 Å². The Labute approximate surface area is 173 Å². The van der Waals surface area contributed by atoms with E-state index in [0.717, 1.165) is 11.3 Å². The number of hydrogen-bond acceptors (Lipinski definition) is 5. The first-order valence-electron chi connectivity index (χ1n) is 8.89. The molecule has 7 heteroatoms. The summed E-state index contributed by atoms with van der Waals surface area (Å²) < 4.78 is 0. The fourth-order valence-corrected chi connectivity index (χ4v) is 3.52. The van der Waals surface area contributed by atoms with Crippen LogP contribution in [0.2, 0.25) is 0 Å². The largest absolute Gasteiger partial charge is 0.478 e. The number of thioether (sulfide) groups is 1. The summed E-state index contributed by atoms with van der Waals surface area (Å²) in [4.78, 5) is 31.9. The zero-order valence-electron chi connectivity index (χ0n) is 16.4. The molecule has 0 unspecified atom stereocenters. The van der Waals surface area contributed by atoms with Crippen molar-refractivity contribution in [2.24, 2.45) is 4.99 Å². The number of nitrogens with zero attached hydrogens (tertiary/aromatic N) is 3. The first-order chi connectivity index (χ1) is 13.8. The predicted molar refractivity (Wildman–Crippen MR) is 119 cm³/mol. The van der Waals surface area contributed by atoms with Gasteiger partial charge in [-0.15, -0.1) is 0 Å². The Bertz CT molecular complexity index is 1010. The van der Waals surface area contributed by atoms with E-state index in [-0.39, 0.29) is 11.5 Å². The van der Waals surface area contributed by atoms with Gasteiger partial charge in [-0.2, -0.15) is 0 Å². The van der Waals surface area contributed by atoms with Gasteiger partial charge in [0.1, 0.15) is 0 Å². The van der Waals surface area contributed by atoms with Crippen LogP contribution in [-0.2, 0) is 4.79 Å². The van der Waals surface area contributed by atoms with Crippen molar-refractivity contribution in [3.63, 3.8) is 0 Å². The minimum absolute atomic E-state index is 0.122. The summed E-state index contributed by atoms with van der Waals surface area (Å²) in [7, 11) is 5.66. The fraction of sp³-hybridized carbons (Fsp3) is 0.136. The molecule has 2 aromatic carbocycles. The minimum atomic E-state index is -0.986. The van der Waals surface area contributed by atoms with Gasteiger partial charge in [0.05, 0.1) is 16.2 Å². The van der Waals surface area contributed by atoms with Gasteiger partial charge in [-0.05, 0) is 59.8 Å². The van der Waals surface area contributed by atoms with E-state index in [2.05, 4.69) is 4.99 Å². The topological polar surface area (TPSA) is 73.2 Å². The van der Waals surface area contributed by atoms with Crippen LogP contribution in [0.5, 0.6) is 0 Å². The number of carbonyl (C=O) groups excluding carboxylic acids is 1. The average molecular weight is 407 g/mol. The number of rotatable bonds is 5. The molecule has 0 saturated carbocycles. The summed E-state index contributed by atoms with van der Waals surface area (Å²) in [6, 6.07) is 14.3. The molecule has 1 amide bonds. The number of likely N-dealkylation sites (N-methyl/N-ethyl adjacent to an activating group) is 1. The molecule has 1 aliphatic heterocycles. The maximum Gasteiger partial charge on any atom is 0.335 e. The van der Waals surface area contributed by atoms with Gasteiger partial charge in [0.2, 0.25) is 0 Å². The quantitative estimate of drug-likeness (QED) is 0.751. The number of carboxylic acids is 1. The van der Waals surface area contributed by atoms with Gasteiger partial charge >= 0.3 is 5.97 Å². The van der Waals surface area contributed by atoms with Gasteiger partial charge in [0.15, 0.2) is 5.17 Å². The molecule has 29 heavy (non-hydrogen) atoms. The van der Waals surface area contributed by atoms with E-state index in [9.17, 15) is 9.59 Å². The SMILES string of the molecule is CN1C(=O)C(=CC=Cc2ccc(N(C)C)cc2)SC1=Nc1ccc(C(=O)O)cc1. The molecule has 0 spiro atoms. The van der Waals surface area contributed by atoms with Gasteiger partial charge < -0.3 is 10.0 Å². The molecule has 3 rings (SSSR count). The number of carboxylic acid groups (broad SMARTS) is 1. The second kappa shape index (κ2) is 8.79. The molecule has 148 valence electrons. The standard InChI is InChI=1S/C22H21N3O3S/c1-24(2)18-13-7-15(8-14-18)5-4-6-19-20(26)25(3)22(29-19)23-17-11-9-16(10-12-17)21(27)28/h4-14H,1-3H3,(H,27,28). The molecule has 1 aliphatic rings. The number of hydrogen-bond donors (Lipinski definition) is 1. The van der Waals surface area contributed by atoms with Gasteiger partial charge in [-0.25, -0.2) is 9.79 Å². The zero-order valence-corrected chi connectivity index (χ0v) is 17.2. The second-order valence-electron chi connectivity index (χ2n) is 6.59. The van der Waals surface area contributed by atoms with E-state index in [1.807, 2.05) is 55.4 Å². The number of benzene rings is 2. The normalized spacial score (nSPS) is 16.9. The average Bonchev–Trinajstić information content (AvgIpc) is 2.97. The molecule has 1 N–H and O–H groups in total. The van der Waals surface area contributed by atoms with Crippen molar-refractivity contribution >= 4 is 46.3 Å². The van der Waals surface area contributed by atoms with Crippen molar-refractivity contribution in [1.29, 1.82) is 0 Å². The predicted octanol–water partition coefficient (Wildman–Crippen LogP) is 4.24. The second-order valence-corrected chi connectivity index (χ2v) is 7.60. The molecule has 0 radical (unpaired) electrons. The van der Waals surface area contributed by atoms with Crippen molar-refractivity contribution in [3.8, 4) is 0 Å². The summed E-state index contributed by atoms with van der Waals surface area (Å²) in [5, 5.41) is 9.51. The highest BCUT2D eigenvalue weighted by molar-refractivity contribution is 8.18.